The van der Waals surface area contributed by atoms with Crippen molar-refractivity contribution >= 4 is 46.2 Å². The standard InChI is InChI=1S/C23H22Cl2N2O2/c1-15(2)29-18-12-10-17(11-13-18)26-22(28)14-16-6-3-4-9-21(16)27-23-19(24)7-5-8-20(23)25/h3-13,15,27H,14H2,1-2H3,(H,26,28). The second-order valence-corrected chi connectivity index (χ2v) is 7.61. The van der Waals surface area contributed by atoms with Gasteiger partial charge in [0.15, 0.2) is 0 Å². The minimum absolute atomic E-state index is 0.103. The fourth-order valence-corrected chi connectivity index (χ4v) is 3.31. The summed E-state index contributed by atoms with van der Waals surface area (Å²) in [5.74, 6) is 0.645. The zero-order valence-electron chi connectivity index (χ0n) is 16.2. The molecule has 29 heavy (non-hydrogen) atoms. The Morgan fingerprint density at radius 3 is 2.24 bits per heavy atom. The van der Waals surface area contributed by atoms with Crippen molar-refractivity contribution in [3.8, 4) is 5.75 Å². The summed E-state index contributed by atoms with van der Waals surface area (Å²) >= 11 is 12.5. The van der Waals surface area contributed by atoms with Crippen LogP contribution in [0.25, 0.3) is 0 Å². The van der Waals surface area contributed by atoms with Gasteiger partial charge in [0.2, 0.25) is 5.91 Å². The van der Waals surface area contributed by atoms with Gasteiger partial charge in [0.25, 0.3) is 0 Å². The molecular weight excluding hydrogens is 407 g/mol. The minimum atomic E-state index is -0.123. The van der Waals surface area contributed by atoms with Crippen molar-refractivity contribution in [2.24, 2.45) is 0 Å². The topological polar surface area (TPSA) is 50.4 Å². The molecule has 0 bridgehead atoms. The molecule has 0 fully saturated rings. The van der Waals surface area contributed by atoms with Crippen LogP contribution >= 0.6 is 23.2 Å². The molecule has 0 atom stereocenters. The highest BCUT2D eigenvalue weighted by atomic mass is 35.5. The molecule has 150 valence electrons. The van der Waals surface area contributed by atoms with Crippen LogP contribution in [-0.2, 0) is 11.2 Å². The van der Waals surface area contributed by atoms with Crippen LogP contribution in [0.15, 0.2) is 66.7 Å². The van der Waals surface area contributed by atoms with E-state index in [0.717, 1.165) is 17.0 Å². The van der Waals surface area contributed by atoms with Gasteiger partial charge in [0.05, 0.1) is 28.3 Å². The normalized spacial score (nSPS) is 10.7. The molecule has 1 amide bonds. The van der Waals surface area contributed by atoms with E-state index in [0.29, 0.717) is 21.4 Å². The first-order valence-corrected chi connectivity index (χ1v) is 10.0. The fourth-order valence-electron chi connectivity index (χ4n) is 2.82. The number of ether oxygens (including phenoxy) is 1. The number of anilines is 3. The smallest absolute Gasteiger partial charge is 0.228 e. The Morgan fingerprint density at radius 2 is 1.59 bits per heavy atom. The fraction of sp³-hybridized carbons (Fsp3) is 0.174. The van der Waals surface area contributed by atoms with Crippen molar-refractivity contribution in [3.05, 3.63) is 82.3 Å². The van der Waals surface area contributed by atoms with E-state index in [-0.39, 0.29) is 18.4 Å². The maximum Gasteiger partial charge on any atom is 0.228 e. The number of para-hydroxylation sites is 2. The van der Waals surface area contributed by atoms with Crippen LogP contribution in [0, 0.1) is 0 Å². The molecular formula is C23H22Cl2N2O2. The maximum absolute atomic E-state index is 12.6. The van der Waals surface area contributed by atoms with Crippen molar-refractivity contribution in [1.82, 2.24) is 0 Å². The van der Waals surface area contributed by atoms with E-state index in [2.05, 4.69) is 10.6 Å². The third-order valence-electron chi connectivity index (χ3n) is 4.10. The number of nitrogens with one attached hydrogen (secondary N) is 2. The number of rotatable bonds is 7. The van der Waals surface area contributed by atoms with Gasteiger partial charge in [-0.15, -0.1) is 0 Å². The molecule has 3 aromatic carbocycles. The first-order valence-electron chi connectivity index (χ1n) is 9.28. The lowest BCUT2D eigenvalue weighted by atomic mass is 10.1. The Morgan fingerprint density at radius 1 is 0.931 bits per heavy atom. The quantitative estimate of drug-likeness (QED) is 0.439. The van der Waals surface area contributed by atoms with Gasteiger partial charge in [0.1, 0.15) is 5.75 Å². The van der Waals surface area contributed by atoms with Crippen molar-refractivity contribution < 1.29 is 9.53 Å². The number of carbonyl (C=O) groups is 1. The predicted octanol–water partition coefficient (Wildman–Crippen LogP) is 6.71. The second-order valence-electron chi connectivity index (χ2n) is 6.79. The monoisotopic (exact) mass is 428 g/mol. The summed E-state index contributed by atoms with van der Waals surface area (Å²) in [4.78, 5) is 12.6. The summed E-state index contributed by atoms with van der Waals surface area (Å²) in [6.45, 7) is 3.94. The van der Waals surface area contributed by atoms with E-state index < -0.39 is 0 Å². The molecule has 0 aromatic heterocycles. The molecule has 0 heterocycles. The molecule has 3 rings (SSSR count). The Kier molecular flexibility index (Phi) is 7.02. The van der Waals surface area contributed by atoms with Gasteiger partial charge in [-0.3, -0.25) is 4.79 Å². The number of hydrogen-bond donors (Lipinski definition) is 2. The third kappa shape index (κ3) is 5.89. The largest absolute Gasteiger partial charge is 0.491 e. The van der Waals surface area contributed by atoms with E-state index in [1.165, 1.54) is 0 Å². The van der Waals surface area contributed by atoms with Gasteiger partial charge >= 0.3 is 0 Å². The average Bonchev–Trinajstić information content (AvgIpc) is 2.67. The Bertz CT molecular complexity index is 968. The SMILES string of the molecule is CC(C)Oc1ccc(NC(=O)Cc2ccccc2Nc2c(Cl)cccc2Cl)cc1. The summed E-state index contributed by atoms with van der Waals surface area (Å²) in [5, 5.41) is 7.18. The Labute approximate surface area is 180 Å². The predicted molar refractivity (Wildman–Crippen MR) is 121 cm³/mol. The molecule has 0 saturated carbocycles. The zero-order valence-corrected chi connectivity index (χ0v) is 17.7. The van der Waals surface area contributed by atoms with Crippen molar-refractivity contribution in [1.29, 1.82) is 0 Å². The van der Waals surface area contributed by atoms with Crippen molar-refractivity contribution in [2.75, 3.05) is 10.6 Å². The lowest BCUT2D eigenvalue weighted by molar-refractivity contribution is -0.115. The lowest BCUT2D eigenvalue weighted by Gasteiger charge is -2.15. The molecule has 0 spiro atoms. The van der Waals surface area contributed by atoms with Crippen LogP contribution in [0.1, 0.15) is 19.4 Å². The third-order valence-corrected chi connectivity index (χ3v) is 4.73. The molecule has 2 N–H and O–H groups in total. The molecule has 0 aliphatic carbocycles. The van der Waals surface area contributed by atoms with E-state index in [4.69, 9.17) is 27.9 Å². The highest BCUT2D eigenvalue weighted by Crippen LogP contribution is 2.33. The molecule has 0 saturated heterocycles. The maximum atomic E-state index is 12.6. The average molecular weight is 429 g/mol. The van der Waals surface area contributed by atoms with Crippen LogP contribution < -0.4 is 15.4 Å². The zero-order chi connectivity index (χ0) is 20.8. The van der Waals surface area contributed by atoms with Crippen LogP contribution in [-0.4, -0.2) is 12.0 Å². The second kappa shape index (κ2) is 9.68. The molecule has 0 radical (unpaired) electrons. The Balaban J connectivity index is 1.70. The number of carbonyl (C=O) groups excluding carboxylic acids is 1. The van der Waals surface area contributed by atoms with Crippen LogP contribution in [0.3, 0.4) is 0 Å². The summed E-state index contributed by atoms with van der Waals surface area (Å²) in [6.07, 6.45) is 0.307. The van der Waals surface area contributed by atoms with Gasteiger partial charge in [-0.05, 0) is 61.9 Å². The van der Waals surface area contributed by atoms with Gasteiger partial charge in [0, 0.05) is 11.4 Å². The minimum Gasteiger partial charge on any atom is -0.491 e. The van der Waals surface area contributed by atoms with Gasteiger partial charge in [-0.2, -0.15) is 0 Å². The number of hydrogen-bond acceptors (Lipinski definition) is 3. The van der Waals surface area contributed by atoms with Crippen LogP contribution in [0.2, 0.25) is 10.0 Å². The molecule has 6 heteroatoms. The van der Waals surface area contributed by atoms with E-state index in [9.17, 15) is 4.79 Å². The molecule has 3 aromatic rings. The molecule has 0 aliphatic heterocycles. The number of amides is 1. The summed E-state index contributed by atoms with van der Waals surface area (Å²) in [7, 11) is 0. The van der Waals surface area contributed by atoms with Crippen molar-refractivity contribution in [3.63, 3.8) is 0 Å². The van der Waals surface area contributed by atoms with E-state index in [1.54, 1.807) is 18.2 Å². The first kappa shape index (κ1) is 21.0. The first-order chi connectivity index (χ1) is 13.9. The van der Waals surface area contributed by atoms with E-state index in [1.807, 2.05) is 62.4 Å². The van der Waals surface area contributed by atoms with Gasteiger partial charge < -0.3 is 15.4 Å². The highest BCUT2D eigenvalue weighted by Gasteiger charge is 2.11. The lowest BCUT2D eigenvalue weighted by Crippen LogP contribution is -2.15. The number of halogens is 2. The van der Waals surface area contributed by atoms with Gasteiger partial charge in [-0.25, -0.2) is 0 Å². The number of benzene rings is 3. The van der Waals surface area contributed by atoms with Gasteiger partial charge in [-0.1, -0.05) is 47.5 Å². The highest BCUT2D eigenvalue weighted by molar-refractivity contribution is 6.39. The van der Waals surface area contributed by atoms with Crippen LogP contribution in [0.4, 0.5) is 17.1 Å². The molecule has 4 nitrogen and oxygen atoms in total. The molecule has 0 unspecified atom stereocenters. The summed E-state index contributed by atoms with van der Waals surface area (Å²) in [6, 6.07) is 20.2. The van der Waals surface area contributed by atoms with Crippen LogP contribution in [0.5, 0.6) is 5.75 Å². The summed E-state index contributed by atoms with van der Waals surface area (Å²) < 4.78 is 5.62. The van der Waals surface area contributed by atoms with Crippen molar-refractivity contribution in [2.45, 2.75) is 26.4 Å². The summed E-state index contributed by atoms with van der Waals surface area (Å²) in [5.41, 5.74) is 2.94. The van der Waals surface area contributed by atoms with E-state index >= 15 is 0 Å². The molecule has 0 aliphatic rings. The Hall–Kier alpha value is -2.69.